The Balaban J connectivity index is 2.76. The number of hydrogen-bond acceptors (Lipinski definition) is 2. The van der Waals surface area contributed by atoms with Gasteiger partial charge in [-0.1, -0.05) is 26.0 Å². The number of H-pyrrole nitrogens is 1. The lowest BCUT2D eigenvalue weighted by Gasteiger charge is -2.13. The van der Waals surface area contributed by atoms with E-state index >= 15 is 0 Å². The maximum atomic E-state index is 11.7. The average molecular weight is 248 g/mol. The van der Waals surface area contributed by atoms with Gasteiger partial charge in [-0.25, -0.2) is 9.59 Å². The van der Waals surface area contributed by atoms with Crippen LogP contribution in [0.15, 0.2) is 23.0 Å². The first-order chi connectivity index (χ1) is 8.60. The van der Waals surface area contributed by atoms with Crippen molar-refractivity contribution >= 4 is 17.1 Å². The van der Waals surface area contributed by atoms with E-state index < -0.39 is 11.8 Å². The molecule has 0 spiro atoms. The fraction of sp³-hybridized carbons (Fsp3) is 0.385. The second kappa shape index (κ2) is 4.68. The minimum atomic E-state index is -1.26. The summed E-state index contributed by atoms with van der Waals surface area (Å²) in [5.74, 6) is 0.328. The summed E-state index contributed by atoms with van der Waals surface area (Å²) < 4.78 is 0.751. The quantitative estimate of drug-likeness (QED) is 0.876. The van der Waals surface area contributed by atoms with Crippen molar-refractivity contribution in [3.8, 4) is 0 Å². The van der Waals surface area contributed by atoms with Crippen LogP contribution in [0.2, 0.25) is 0 Å². The second-order valence-corrected chi connectivity index (χ2v) is 4.30. The van der Waals surface area contributed by atoms with Crippen LogP contribution in [0.1, 0.15) is 38.2 Å². The molecule has 0 atom stereocenters. The van der Waals surface area contributed by atoms with Gasteiger partial charge in [-0.2, -0.15) is 4.57 Å². The standard InChI is InChI=1S/C13H16N2O3/c1-3-8(4-2)9-6-5-7-10-11(9)14-12(16)15(10)13(17)18/h5-8H,3-4H2,1-2H3,(H,14,16)(H,17,18). The number of fused-ring (bicyclic) bond motifs is 1. The van der Waals surface area contributed by atoms with Gasteiger partial charge in [0.15, 0.2) is 0 Å². The Morgan fingerprint density at radius 3 is 2.61 bits per heavy atom. The summed E-state index contributed by atoms with van der Waals surface area (Å²) in [5, 5.41) is 9.04. The molecule has 0 saturated carbocycles. The van der Waals surface area contributed by atoms with Gasteiger partial charge in [-0.3, -0.25) is 0 Å². The van der Waals surface area contributed by atoms with Crippen LogP contribution in [0.5, 0.6) is 0 Å². The van der Waals surface area contributed by atoms with Gasteiger partial charge in [0.2, 0.25) is 0 Å². The normalized spacial score (nSPS) is 11.3. The van der Waals surface area contributed by atoms with Crippen molar-refractivity contribution in [3.05, 3.63) is 34.2 Å². The number of carboxylic acid groups (broad SMARTS) is 1. The van der Waals surface area contributed by atoms with Crippen LogP contribution in [0.25, 0.3) is 11.0 Å². The first-order valence-corrected chi connectivity index (χ1v) is 6.07. The number of aromatic amines is 1. The van der Waals surface area contributed by atoms with E-state index in [9.17, 15) is 9.59 Å². The van der Waals surface area contributed by atoms with Gasteiger partial charge in [0.25, 0.3) is 0 Å². The second-order valence-electron chi connectivity index (χ2n) is 4.30. The number of imidazole rings is 1. The molecule has 1 heterocycles. The van der Waals surface area contributed by atoms with Crippen LogP contribution in [0, 0.1) is 0 Å². The number of benzene rings is 1. The van der Waals surface area contributed by atoms with Gasteiger partial charge in [0.1, 0.15) is 0 Å². The van der Waals surface area contributed by atoms with Crippen LogP contribution in [-0.4, -0.2) is 20.8 Å². The summed E-state index contributed by atoms with van der Waals surface area (Å²) in [4.78, 5) is 25.4. The fourth-order valence-electron chi connectivity index (χ4n) is 2.41. The molecule has 1 aromatic heterocycles. The van der Waals surface area contributed by atoms with Crippen LogP contribution in [0.4, 0.5) is 4.79 Å². The highest BCUT2D eigenvalue weighted by atomic mass is 16.4. The van der Waals surface area contributed by atoms with Gasteiger partial charge >= 0.3 is 11.8 Å². The molecule has 2 N–H and O–H groups in total. The molecule has 0 amide bonds. The summed E-state index contributed by atoms with van der Waals surface area (Å²) >= 11 is 0. The number of nitrogens with one attached hydrogen (secondary N) is 1. The van der Waals surface area contributed by atoms with E-state index in [-0.39, 0.29) is 0 Å². The molecular formula is C13H16N2O3. The van der Waals surface area contributed by atoms with Gasteiger partial charge in [0, 0.05) is 0 Å². The van der Waals surface area contributed by atoms with Crippen molar-refractivity contribution in [2.75, 3.05) is 0 Å². The summed E-state index contributed by atoms with van der Waals surface area (Å²) in [7, 11) is 0. The monoisotopic (exact) mass is 248 g/mol. The Morgan fingerprint density at radius 1 is 1.39 bits per heavy atom. The van der Waals surface area contributed by atoms with E-state index in [0.29, 0.717) is 17.0 Å². The van der Waals surface area contributed by atoms with Crippen molar-refractivity contribution in [2.45, 2.75) is 32.6 Å². The van der Waals surface area contributed by atoms with Crippen LogP contribution >= 0.6 is 0 Å². The molecule has 0 saturated heterocycles. The smallest absolute Gasteiger partial charge is 0.420 e. The Bertz CT molecular complexity index is 635. The molecule has 0 aliphatic heterocycles. The molecule has 0 unspecified atom stereocenters. The highest BCUT2D eigenvalue weighted by Crippen LogP contribution is 2.28. The van der Waals surface area contributed by atoms with Crippen LogP contribution in [0.3, 0.4) is 0 Å². The molecule has 5 nitrogen and oxygen atoms in total. The predicted molar refractivity (Wildman–Crippen MR) is 69.3 cm³/mol. The first-order valence-electron chi connectivity index (χ1n) is 6.07. The van der Waals surface area contributed by atoms with Gasteiger partial charge < -0.3 is 10.1 Å². The molecule has 0 fully saturated rings. The maximum absolute atomic E-state index is 11.7. The topological polar surface area (TPSA) is 75.1 Å². The number of nitrogens with zero attached hydrogens (tertiary/aromatic N) is 1. The highest BCUT2D eigenvalue weighted by Gasteiger charge is 2.17. The molecule has 0 bridgehead atoms. The molecule has 1 aromatic carbocycles. The molecule has 96 valence electrons. The predicted octanol–water partition coefficient (Wildman–Crippen LogP) is 2.76. The van der Waals surface area contributed by atoms with Gasteiger partial charge in [-0.15, -0.1) is 0 Å². The third kappa shape index (κ3) is 1.81. The van der Waals surface area contributed by atoms with Crippen molar-refractivity contribution < 1.29 is 9.90 Å². The minimum absolute atomic E-state index is 0.328. The number of para-hydroxylation sites is 1. The molecule has 0 aliphatic rings. The van der Waals surface area contributed by atoms with E-state index in [0.717, 1.165) is 23.0 Å². The van der Waals surface area contributed by atoms with Crippen LogP contribution < -0.4 is 5.69 Å². The molecule has 0 radical (unpaired) electrons. The summed E-state index contributed by atoms with van der Waals surface area (Å²) in [6, 6.07) is 5.39. The van der Waals surface area contributed by atoms with E-state index in [4.69, 9.17) is 5.11 Å². The lowest BCUT2D eigenvalue weighted by Crippen LogP contribution is -2.22. The maximum Gasteiger partial charge on any atom is 0.420 e. The number of rotatable bonds is 3. The lowest BCUT2D eigenvalue weighted by molar-refractivity contribution is 0.196. The lowest BCUT2D eigenvalue weighted by atomic mass is 9.93. The van der Waals surface area contributed by atoms with E-state index in [1.165, 1.54) is 0 Å². The number of hydrogen-bond donors (Lipinski definition) is 2. The SMILES string of the molecule is CCC(CC)c1cccc2c1[nH]c(=O)n2C(=O)O. The number of aromatic nitrogens is 2. The Morgan fingerprint density at radius 2 is 2.06 bits per heavy atom. The summed E-state index contributed by atoms with van der Waals surface area (Å²) in [6.07, 6.45) is 0.652. The van der Waals surface area contributed by atoms with Gasteiger partial charge in [-0.05, 0) is 30.4 Å². The fourth-order valence-corrected chi connectivity index (χ4v) is 2.41. The molecule has 2 aromatic rings. The van der Waals surface area contributed by atoms with Crippen LogP contribution in [-0.2, 0) is 0 Å². The third-order valence-corrected chi connectivity index (χ3v) is 3.37. The third-order valence-electron chi connectivity index (χ3n) is 3.37. The number of carbonyl (C=O) groups is 1. The highest BCUT2D eigenvalue weighted by molar-refractivity contribution is 5.87. The zero-order valence-corrected chi connectivity index (χ0v) is 10.4. The largest absolute Gasteiger partial charge is 0.464 e. The molecule has 0 aliphatic carbocycles. The minimum Gasteiger partial charge on any atom is -0.464 e. The molecular weight excluding hydrogens is 232 g/mol. The van der Waals surface area contributed by atoms with Gasteiger partial charge in [0.05, 0.1) is 11.0 Å². The van der Waals surface area contributed by atoms with E-state index in [1.54, 1.807) is 12.1 Å². The molecule has 18 heavy (non-hydrogen) atoms. The molecule has 2 rings (SSSR count). The van der Waals surface area contributed by atoms with E-state index in [2.05, 4.69) is 18.8 Å². The molecule has 5 heteroatoms. The van der Waals surface area contributed by atoms with Crippen molar-refractivity contribution in [1.29, 1.82) is 0 Å². The zero-order valence-electron chi connectivity index (χ0n) is 10.4. The summed E-state index contributed by atoms with van der Waals surface area (Å²) in [5.41, 5.74) is 1.47. The Kier molecular flexibility index (Phi) is 3.23. The van der Waals surface area contributed by atoms with Crippen molar-refractivity contribution in [1.82, 2.24) is 9.55 Å². The Hall–Kier alpha value is -2.04. The van der Waals surface area contributed by atoms with E-state index in [1.807, 2.05) is 6.07 Å². The summed E-state index contributed by atoms with van der Waals surface area (Å²) in [6.45, 7) is 4.17. The zero-order chi connectivity index (χ0) is 13.3. The first kappa shape index (κ1) is 12.4. The van der Waals surface area contributed by atoms with Crippen molar-refractivity contribution in [2.24, 2.45) is 0 Å². The van der Waals surface area contributed by atoms with Crippen molar-refractivity contribution in [3.63, 3.8) is 0 Å². The Labute approximate surface area is 104 Å². The average Bonchev–Trinajstić information content (AvgIpc) is 2.67.